The first-order valence-corrected chi connectivity index (χ1v) is 10.2. The molecular weight excluding hydrogens is 434 g/mol. The fraction of sp³-hybridized carbons (Fsp3) is 0.0800. The number of nitrogens with one attached hydrogen (secondary N) is 2. The third-order valence-electron chi connectivity index (χ3n) is 5.10. The summed E-state index contributed by atoms with van der Waals surface area (Å²) in [6.45, 7) is 1.20. The minimum absolute atomic E-state index is 0.261. The maximum absolute atomic E-state index is 12.7. The number of rotatable bonds is 5. The summed E-state index contributed by atoms with van der Waals surface area (Å²) >= 11 is 0. The Morgan fingerprint density at radius 3 is 2.68 bits per heavy atom. The number of hydrogen-bond donors (Lipinski definition) is 2. The zero-order valence-electron chi connectivity index (χ0n) is 18.3. The summed E-state index contributed by atoms with van der Waals surface area (Å²) in [5, 5.41) is 12.3. The van der Waals surface area contributed by atoms with Crippen molar-refractivity contribution >= 4 is 40.2 Å². The number of H-pyrrole nitrogens is 1. The highest BCUT2D eigenvalue weighted by Gasteiger charge is 2.17. The Morgan fingerprint density at radius 1 is 1.12 bits per heavy atom. The fourth-order valence-electron chi connectivity index (χ4n) is 3.30. The Hall–Kier alpha value is -4.97. The van der Waals surface area contributed by atoms with Crippen LogP contribution >= 0.6 is 0 Å². The van der Waals surface area contributed by atoms with Crippen LogP contribution in [0.2, 0.25) is 0 Å². The van der Waals surface area contributed by atoms with Crippen LogP contribution in [-0.2, 0) is 9.59 Å². The number of hydrogen-bond acceptors (Lipinski definition) is 6. The molecule has 9 nitrogen and oxygen atoms in total. The van der Waals surface area contributed by atoms with Gasteiger partial charge in [0.05, 0.1) is 23.5 Å². The van der Waals surface area contributed by atoms with Crippen LogP contribution in [0.25, 0.3) is 22.2 Å². The van der Waals surface area contributed by atoms with Gasteiger partial charge in [-0.1, -0.05) is 18.2 Å². The van der Waals surface area contributed by atoms with Crippen LogP contribution in [0.3, 0.4) is 0 Å². The topological polar surface area (TPSA) is 128 Å². The van der Waals surface area contributed by atoms with Gasteiger partial charge in [-0.25, -0.2) is 9.78 Å². The number of nitriles is 1. The largest absolute Gasteiger partial charge is 0.419 e. The Labute approximate surface area is 194 Å². The van der Waals surface area contributed by atoms with Crippen LogP contribution in [0.4, 0.5) is 16.2 Å². The Kier molecular flexibility index (Phi) is 6.05. The van der Waals surface area contributed by atoms with E-state index in [9.17, 15) is 14.4 Å². The van der Waals surface area contributed by atoms with Crippen LogP contribution in [0.5, 0.6) is 5.75 Å². The third-order valence-corrected chi connectivity index (χ3v) is 5.10. The van der Waals surface area contributed by atoms with Gasteiger partial charge in [-0.05, 0) is 42.0 Å². The predicted molar refractivity (Wildman–Crippen MR) is 126 cm³/mol. The van der Waals surface area contributed by atoms with Gasteiger partial charge in [-0.3, -0.25) is 14.5 Å². The smallest absolute Gasteiger partial charge is 0.410 e. The van der Waals surface area contributed by atoms with Crippen molar-refractivity contribution in [3.8, 4) is 22.9 Å². The number of fused-ring (bicyclic) bond motifs is 1. The van der Waals surface area contributed by atoms with Gasteiger partial charge < -0.3 is 15.0 Å². The highest BCUT2D eigenvalue weighted by Crippen LogP contribution is 2.31. The zero-order valence-corrected chi connectivity index (χ0v) is 18.3. The summed E-state index contributed by atoms with van der Waals surface area (Å²) in [6, 6.07) is 17.2. The highest BCUT2D eigenvalue weighted by atomic mass is 16.6. The maximum atomic E-state index is 12.7. The first-order chi connectivity index (χ1) is 16.4. The van der Waals surface area contributed by atoms with E-state index in [0.29, 0.717) is 22.6 Å². The quantitative estimate of drug-likeness (QED) is 0.435. The van der Waals surface area contributed by atoms with Gasteiger partial charge in [0.1, 0.15) is 11.4 Å². The minimum Gasteiger partial charge on any atom is -0.410 e. The summed E-state index contributed by atoms with van der Waals surface area (Å²) in [7, 11) is 1.56. The van der Waals surface area contributed by atoms with Crippen molar-refractivity contribution in [1.29, 1.82) is 5.26 Å². The second-order valence-corrected chi connectivity index (χ2v) is 7.45. The van der Waals surface area contributed by atoms with Crippen LogP contribution in [0, 0.1) is 11.3 Å². The molecule has 0 radical (unpaired) electrons. The third kappa shape index (κ3) is 4.61. The molecule has 0 fully saturated rings. The van der Waals surface area contributed by atoms with Gasteiger partial charge in [0.15, 0.2) is 0 Å². The van der Waals surface area contributed by atoms with E-state index >= 15 is 0 Å². The van der Waals surface area contributed by atoms with E-state index in [1.165, 1.54) is 17.9 Å². The number of aromatic amines is 1. The number of amides is 2. The number of aromatic nitrogens is 2. The first-order valence-electron chi connectivity index (χ1n) is 10.2. The molecule has 0 bridgehead atoms. The number of pyridine rings is 1. The molecule has 0 aliphatic rings. The molecular formula is C25H19N5O4. The Morgan fingerprint density at radius 2 is 1.91 bits per heavy atom. The van der Waals surface area contributed by atoms with Crippen molar-refractivity contribution < 1.29 is 19.1 Å². The molecule has 34 heavy (non-hydrogen) atoms. The second kappa shape index (κ2) is 9.26. The normalized spacial score (nSPS) is 10.4. The average Bonchev–Trinajstić information content (AvgIpc) is 3.27. The standard InChI is InChI=1S/C25H19N5O4/c1-15(31)24(32)29-18-7-4-6-17(10-18)22-14-28-23-21(22)11-19(13-27-23)30(2)25(33)34-20-8-3-5-16(9-20)12-26/h3-11,13-14H,1-2H3,(H,27,28)(H,29,32). The predicted octanol–water partition coefficient (Wildman–Crippen LogP) is 4.26. The molecule has 0 unspecified atom stereocenters. The van der Waals surface area contributed by atoms with E-state index < -0.39 is 17.8 Å². The Balaban J connectivity index is 1.61. The van der Waals surface area contributed by atoms with Crippen LogP contribution in [0.15, 0.2) is 67.0 Å². The maximum Gasteiger partial charge on any atom is 0.419 e. The second-order valence-electron chi connectivity index (χ2n) is 7.45. The molecule has 2 heterocycles. The van der Waals surface area contributed by atoms with Crippen LogP contribution < -0.4 is 15.0 Å². The van der Waals surface area contributed by atoms with Crippen molar-refractivity contribution in [2.24, 2.45) is 0 Å². The van der Waals surface area contributed by atoms with Crippen LogP contribution in [0.1, 0.15) is 12.5 Å². The molecule has 0 spiro atoms. The number of benzene rings is 2. The molecule has 0 saturated heterocycles. The molecule has 2 amide bonds. The number of Topliss-reactive ketones (excluding diaryl/α,β-unsaturated/α-hetero) is 1. The van der Waals surface area contributed by atoms with Crippen molar-refractivity contribution in [1.82, 2.24) is 9.97 Å². The molecule has 168 valence electrons. The number of ether oxygens (including phenoxy) is 1. The molecule has 4 rings (SSSR count). The fourth-order valence-corrected chi connectivity index (χ4v) is 3.30. The lowest BCUT2D eigenvalue weighted by atomic mass is 10.0. The lowest BCUT2D eigenvalue weighted by Crippen LogP contribution is -2.29. The molecule has 0 aliphatic carbocycles. The van der Waals surface area contributed by atoms with E-state index in [1.54, 1.807) is 61.9 Å². The molecule has 9 heteroatoms. The lowest BCUT2D eigenvalue weighted by molar-refractivity contribution is -0.133. The number of anilines is 2. The number of carbonyl (C=O) groups excluding carboxylic acids is 3. The van der Waals surface area contributed by atoms with E-state index in [4.69, 9.17) is 10.00 Å². The van der Waals surface area contributed by atoms with Crippen molar-refractivity contribution in [3.63, 3.8) is 0 Å². The van der Waals surface area contributed by atoms with E-state index in [0.717, 1.165) is 16.5 Å². The summed E-state index contributed by atoms with van der Waals surface area (Å²) in [4.78, 5) is 44.5. The molecule has 0 atom stereocenters. The van der Waals surface area contributed by atoms with E-state index in [1.807, 2.05) is 12.1 Å². The van der Waals surface area contributed by atoms with Gasteiger partial charge in [-0.2, -0.15) is 5.26 Å². The van der Waals surface area contributed by atoms with Gasteiger partial charge in [0, 0.05) is 36.8 Å². The average molecular weight is 453 g/mol. The van der Waals surface area contributed by atoms with Gasteiger partial charge >= 0.3 is 6.09 Å². The van der Waals surface area contributed by atoms with Crippen LogP contribution in [-0.4, -0.2) is 34.8 Å². The molecule has 2 aromatic heterocycles. The van der Waals surface area contributed by atoms with Crippen molar-refractivity contribution in [2.75, 3.05) is 17.3 Å². The van der Waals surface area contributed by atoms with Gasteiger partial charge in [0.2, 0.25) is 5.78 Å². The first kappa shape index (κ1) is 22.2. The number of nitrogens with zero attached hydrogens (tertiary/aromatic N) is 3. The lowest BCUT2D eigenvalue weighted by Gasteiger charge is -2.17. The van der Waals surface area contributed by atoms with Gasteiger partial charge in [-0.15, -0.1) is 0 Å². The molecule has 2 N–H and O–H groups in total. The summed E-state index contributed by atoms with van der Waals surface area (Å²) in [5.41, 5.74) is 3.55. The number of carbonyl (C=O) groups is 3. The van der Waals surface area contributed by atoms with Crippen molar-refractivity contribution in [2.45, 2.75) is 6.92 Å². The summed E-state index contributed by atoms with van der Waals surface area (Å²) < 4.78 is 5.39. The minimum atomic E-state index is -0.694. The molecule has 0 aliphatic heterocycles. The monoisotopic (exact) mass is 453 g/mol. The summed E-state index contributed by atoms with van der Waals surface area (Å²) in [5.74, 6) is -1.02. The van der Waals surface area contributed by atoms with E-state index in [2.05, 4.69) is 15.3 Å². The summed E-state index contributed by atoms with van der Waals surface area (Å²) in [6.07, 6.45) is 2.68. The highest BCUT2D eigenvalue weighted by molar-refractivity contribution is 6.39. The molecule has 4 aromatic rings. The SMILES string of the molecule is CC(=O)C(=O)Nc1cccc(-c2c[nH]c3ncc(N(C)C(=O)Oc4cccc(C#N)c4)cc23)c1. The zero-order chi connectivity index (χ0) is 24.2. The molecule has 2 aromatic carbocycles. The molecule has 0 saturated carbocycles. The van der Waals surface area contributed by atoms with E-state index in [-0.39, 0.29) is 5.75 Å². The number of ketones is 1. The Bertz CT molecular complexity index is 1470. The van der Waals surface area contributed by atoms with Gasteiger partial charge in [0.25, 0.3) is 5.91 Å². The van der Waals surface area contributed by atoms with Crippen molar-refractivity contribution in [3.05, 3.63) is 72.6 Å².